The molecule has 0 radical (unpaired) electrons. The summed E-state index contributed by atoms with van der Waals surface area (Å²) >= 11 is 0. The molecule has 0 fully saturated rings. The van der Waals surface area contributed by atoms with E-state index in [2.05, 4.69) is 119 Å². The fourth-order valence-corrected chi connectivity index (χ4v) is 8.15. The molecule has 3 unspecified atom stereocenters. The molecule has 0 bridgehead atoms. The van der Waals surface area contributed by atoms with Gasteiger partial charge in [-0.25, -0.2) is 0 Å². The highest BCUT2D eigenvalue weighted by Gasteiger charge is 2.32. The fraction of sp³-hybridized carbons (Fsp3) is 0.682. The average Bonchev–Trinajstić information content (AvgIpc) is 3.08. The summed E-state index contributed by atoms with van der Waals surface area (Å²) in [6.45, 7) is 28.3. The number of phenolic OH excluding ortho intramolecular Hbond substituents is 2. The van der Waals surface area contributed by atoms with Crippen LogP contribution in [0, 0.1) is 22.7 Å². The fourth-order valence-electron chi connectivity index (χ4n) is 8.15. The monoisotopic (exact) mass is 631 g/mol. The standard InChI is InChI=1S/C44H70O2/c1-13-41(9,10)31(7)21-19-27-43(12,16-4)33-23-25-35-37(29-33)39(45)36-26-24-34(30-38(36)40(35)46)44(17-5,18-6)28-20-22-32(8)42(11,14-2)15-3/h23-26,29-32,45-46H,13-22,27-28H2,1-12H3. The SMILES string of the molecule is CCC(C)(CCCC(C)C(C)(C)CC)c1ccc2c(O)c3cc(C(CC)(CC)CCCC(C)C(C)(CC)CC)ccc3c(O)c2c1. The Kier molecular flexibility index (Phi) is 12.7. The van der Waals surface area contributed by atoms with Crippen LogP contribution in [-0.4, -0.2) is 10.2 Å². The molecule has 0 aromatic heterocycles. The van der Waals surface area contributed by atoms with Crippen LogP contribution in [0.25, 0.3) is 21.5 Å². The van der Waals surface area contributed by atoms with Gasteiger partial charge in [0.25, 0.3) is 0 Å². The normalized spacial score (nSPS) is 15.7. The summed E-state index contributed by atoms with van der Waals surface area (Å²) in [5, 5.41) is 26.4. The summed E-state index contributed by atoms with van der Waals surface area (Å²) in [6.07, 6.45) is 14.0. The Morgan fingerprint density at radius 2 is 1.02 bits per heavy atom. The Labute approximate surface area is 283 Å². The van der Waals surface area contributed by atoms with Gasteiger partial charge < -0.3 is 10.2 Å². The van der Waals surface area contributed by atoms with Crippen LogP contribution in [0.4, 0.5) is 0 Å². The van der Waals surface area contributed by atoms with E-state index in [0.717, 1.165) is 53.6 Å². The van der Waals surface area contributed by atoms with Gasteiger partial charge in [0.15, 0.2) is 0 Å². The van der Waals surface area contributed by atoms with Gasteiger partial charge in [-0.1, -0.05) is 152 Å². The minimum Gasteiger partial charge on any atom is -0.507 e. The third-order valence-electron chi connectivity index (χ3n) is 14.2. The number of aromatic hydroxyl groups is 2. The topological polar surface area (TPSA) is 40.5 Å². The van der Waals surface area contributed by atoms with Crippen molar-refractivity contribution in [1.82, 2.24) is 0 Å². The van der Waals surface area contributed by atoms with Crippen LogP contribution in [0.15, 0.2) is 36.4 Å². The molecule has 2 nitrogen and oxygen atoms in total. The summed E-state index contributed by atoms with van der Waals surface area (Å²) < 4.78 is 0. The third-order valence-corrected chi connectivity index (χ3v) is 14.2. The largest absolute Gasteiger partial charge is 0.507 e. The summed E-state index contributed by atoms with van der Waals surface area (Å²) in [5.41, 5.74) is 3.41. The van der Waals surface area contributed by atoms with Crippen LogP contribution in [-0.2, 0) is 10.8 Å². The lowest BCUT2D eigenvalue weighted by molar-refractivity contribution is 0.165. The van der Waals surface area contributed by atoms with Gasteiger partial charge in [-0.3, -0.25) is 0 Å². The first-order chi connectivity index (χ1) is 21.6. The van der Waals surface area contributed by atoms with E-state index in [1.807, 2.05) is 0 Å². The second-order valence-electron chi connectivity index (χ2n) is 16.4. The third kappa shape index (κ3) is 7.57. The molecular formula is C44H70O2. The summed E-state index contributed by atoms with van der Waals surface area (Å²) in [4.78, 5) is 0. The predicted molar refractivity (Wildman–Crippen MR) is 203 cm³/mol. The minimum absolute atomic E-state index is 0.0240. The van der Waals surface area contributed by atoms with Gasteiger partial charge in [0.1, 0.15) is 11.5 Å². The molecule has 3 aromatic rings. The lowest BCUT2D eigenvalue weighted by Gasteiger charge is -2.36. The average molecular weight is 631 g/mol. The lowest BCUT2D eigenvalue weighted by atomic mass is 9.68. The highest BCUT2D eigenvalue weighted by Crippen LogP contribution is 2.47. The second-order valence-corrected chi connectivity index (χ2v) is 16.4. The highest BCUT2D eigenvalue weighted by molar-refractivity contribution is 6.11. The second kappa shape index (κ2) is 15.3. The number of hydrogen-bond acceptors (Lipinski definition) is 2. The van der Waals surface area contributed by atoms with E-state index in [1.54, 1.807) is 0 Å². The Hall–Kier alpha value is -2.22. The number of benzene rings is 3. The maximum absolute atomic E-state index is 11.7. The van der Waals surface area contributed by atoms with Gasteiger partial charge >= 0.3 is 0 Å². The van der Waals surface area contributed by atoms with Gasteiger partial charge in [-0.15, -0.1) is 0 Å². The minimum atomic E-state index is 0.0240. The van der Waals surface area contributed by atoms with Crippen molar-refractivity contribution in [2.45, 2.75) is 171 Å². The molecule has 0 heterocycles. The van der Waals surface area contributed by atoms with Crippen molar-refractivity contribution in [2.75, 3.05) is 0 Å². The molecule has 2 N–H and O–H groups in total. The highest BCUT2D eigenvalue weighted by atomic mass is 16.3. The van der Waals surface area contributed by atoms with Gasteiger partial charge in [0, 0.05) is 21.5 Å². The van der Waals surface area contributed by atoms with Crippen molar-refractivity contribution in [1.29, 1.82) is 0 Å². The van der Waals surface area contributed by atoms with E-state index in [-0.39, 0.29) is 10.8 Å². The van der Waals surface area contributed by atoms with Crippen LogP contribution < -0.4 is 0 Å². The molecule has 0 spiro atoms. The molecule has 0 aliphatic rings. The zero-order valence-corrected chi connectivity index (χ0v) is 32.0. The smallest absolute Gasteiger partial charge is 0.131 e. The first-order valence-corrected chi connectivity index (χ1v) is 19.0. The number of fused-ring (bicyclic) bond motifs is 2. The zero-order valence-electron chi connectivity index (χ0n) is 32.0. The lowest BCUT2D eigenvalue weighted by Crippen LogP contribution is -2.27. The van der Waals surface area contributed by atoms with E-state index >= 15 is 0 Å². The predicted octanol–water partition coefficient (Wildman–Crippen LogP) is 14.0. The molecule has 3 atom stereocenters. The summed E-state index contributed by atoms with van der Waals surface area (Å²) in [7, 11) is 0. The molecule has 0 amide bonds. The van der Waals surface area contributed by atoms with Crippen molar-refractivity contribution in [2.24, 2.45) is 22.7 Å². The quantitative estimate of drug-likeness (QED) is 0.108. The van der Waals surface area contributed by atoms with Crippen LogP contribution in [0.1, 0.15) is 171 Å². The number of rotatable bonds is 18. The Balaban J connectivity index is 1.95. The van der Waals surface area contributed by atoms with Crippen LogP contribution in [0.2, 0.25) is 0 Å². The van der Waals surface area contributed by atoms with Gasteiger partial charge in [-0.2, -0.15) is 0 Å². The van der Waals surface area contributed by atoms with E-state index in [4.69, 9.17) is 0 Å². The van der Waals surface area contributed by atoms with Crippen LogP contribution >= 0.6 is 0 Å². The molecule has 3 aromatic carbocycles. The molecule has 2 heteroatoms. The van der Waals surface area contributed by atoms with Gasteiger partial charge in [0.2, 0.25) is 0 Å². The van der Waals surface area contributed by atoms with Crippen molar-refractivity contribution in [3.05, 3.63) is 47.5 Å². The maximum Gasteiger partial charge on any atom is 0.131 e. The summed E-state index contributed by atoms with van der Waals surface area (Å²) in [6, 6.07) is 12.9. The maximum atomic E-state index is 11.7. The van der Waals surface area contributed by atoms with Crippen molar-refractivity contribution >= 4 is 21.5 Å². The molecule has 3 rings (SSSR count). The molecule has 258 valence electrons. The first-order valence-electron chi connectivity index (χ1n) is 19.0. The van der Waals surface area contributed by atoms with E-state index in [0.29, 0.717) is 34.2 Å². The van der Waals surface area contributed by atoms with Crippen molar-refractivity contribution < 1.29 is 10.2 Å². The molecule has 0 aliphatic heterocycles. The molecule has 0 aliphatic carbocycles. The van der Waals surface area contributed by atoms with Gasteiger partial charge in [0.05, 0.1) is 0 Å². The first kappa shape index (κ1) is 38.2. The number of hydrogen-bond donors (Lipinski definition) is 2. The Bertz CT molecular complexity index is 1420. The molecule has 0 saturated carbocycles. The summed E-state index contributed by atoms with van der Waals surface area (Å²) in [5.74, 6) is 1.97. The van der Waals surface area contributed by atoms with E-state index in [9.17, 15) is 10.2 Å². The van der Waals surface area contributed by atoms with E-state index in [1.165, 1.54) is 56.1 Å². The van der Waals surface area contributed by atoms with Gasteiger partial charge in [-0.05, 0) is 88.9 Å². The van der Waals surface area contributed by atoms with E-state index < -0.39 is 0 Å². The van der Waals surface area contributed by atoms with Crippen LogP contribution in [0.5, 0.6) is 11.5 Å². The Morgan fingerprint density at radius 3 is 1.50 bits per heavy atom. The van der Waals surface area contributed by atoms with Crippen molar-refractivity contribution in [3.8, 4) is 11.5 Å². The molecular weight excluding hydrogens is 560 g/mol. The molecule has 46 heavy (non-hydrogen) atoms. The molecule has 0 saturated heterocycles. The van der Waals surface area contributed by atoms with Crippen molar-refractivity contribution in [3.63, 3.8) is 0 Å². The zero-order chi connectivity index (χ0) is 34.5. The van der Waals surface area contributed by atoms with Crippen LogP contribution in [0.3, 0.4) is 0 Å². The number of phenols is 2. The Morgan fingerprint density at radius 1 is 0.543 bits per heavy atom.